The maximum Gasteiger partial charge on any atom is 0.222 e. The summed E-state index contributed by atoms with van der Waals surface area (Å²) in [6.45, 7) is 1.92. The molecular weight excluding hydrogens is 186 g/mol. The van der Waals surface area contributed by atoms with E-state index in [1.807, 2.05) is 18.9 Å². The second-order valence-corrected chi connectivity index (χ2v) is 4.11. The summed E-state index contributed by atoms with van der Waals surface area (Å²) < 4.78 is 0. The Hall–Kier alpha value is -1.31. The molecule has 0 saturated heterocycles. The minimum Gasteiger partial charge on any atom is -0.339 e. The maximum absolute atomic E-state index is 11.6. The number of carbonyl (C=O) groups excluding carboxylic acids is 1. The summed E-state index contributed by atoms with van der Waals surface area (Å²) in [7, 11) is 1.92. The summed E-state index contributed by atoms with van der Waals surface area (Å²) in [6.07, 6.45) is 2.76. The van der Waals surface area contributed by atoms with Gasteiger partial charge >= 0.3 is 0 Å². The topological polar surface area (TPSA) is 20.3 Å². The lowest BCUT2D eigenvalue weighted by Crippen LogP contribution is -2.29. The van der Waals surface area contributed by atoms with Crippen molar-refractivity contribution in [1.82, 2.24) is 4.90 Å². The van der Waals surface area contributed by atoms with Crippen molar-refractivity contribution in [3.63, 3.8) is 0 Å². The summed E-state index contributed by atoms with van der Waals surface area (Å²) in [5.74, 6) is 0.233. The molecule has 1 amide bonds. The van der Waals surface area contributed by atoms with Gasteiger partial charge in [-0.3, -0.25) is 4.79 Å². The number of nitrogens with zero attached hydrogens (tertiary/aromatic N) is 1. The molecule has 0 N–H and O–H groups in total. The number of hydrogen-bond donors (Lipinski definition) is 0. The minimum absolute atomic E-state index is 0.233. The molecule has 1 aliphatic carbocycles. The Morgan fingerprint density at radius 2 is 2.20 bits per heavy atom. The molecule has 80 valence electrons. The van der Waals surface area contributed by atoms with E-state index in [2.05, 4.69) is 24.3 Å². The van der Waals surface area contributed by atoms with E-state index in [9.17, 15) is 4.79 Å². The first-order valence-corrected chi connectivity index (χ1v) is 5.57. The number of rotatable bonds is 2. The predicted molar refractivity (Wildman–Crippen MR) is 60.6 cm³/mol. The highest BCUT2D eigenvalue weighted by Gasteiger charge is 2.27. The fourth-order valence-electron chi connectivity index (χ4n) is 2.36. The average Bonchev–Trinajstić information content (AvgIpc) is 2.70. The molecule has 2 heteroatoms. The second-order valence-electron chi connectivity index (χ2n) is 4.11. The molecule has 0 fully saturated rings. The molecule has 15 heavy (non-hydrogen) atoms. The maximum atomic E-state index is 11.6. The Labute approximate surface area is 90.9 Å². The molecule has 0 bridgehead atoms. The molecule has 1 aromatic carbocycles. The van der Waals surface area contributed by atoms with Crippen LogP contribution in [-0.2, 0) is 11.2 Å². The summed E-state index contributed by atoms with van der Waals surface area (Å²) in [6, 6.07) is 8.74. The summed E-state index contributed by atoms with van der Waals surface area (Å²) >= 11 is 0. The van der Waals surface area contributed by atoms with Crippen LogP contribution in [0, 0.1) is 0 Å². The van der Waals surface area contributed by atoms with E-state index < -0.39 is 0 Å². The first-order chi connectivity index (χ1) is 7.24. The van der Waals surface area contributed by atoms with Gasteiger partial charge in [0, 0.05) is 13.5 Å². The van der Waals surface area contributed by atoms with Crippen molar-refractivity contribution >= 4 is 5.91 Å². The van der Waals surface area contributed by atoms with Gasteiger partial charge in [0.2, 0.25) is 5.91 Å². The van der Waals surface area contributed by atoms with Gasteiger partial charge in [0.05, 0.1) is 6.04 Å². The van der Waals surface area contributed by atoms with Crippen molar-refractivity contribution in [2.24, 2.45) is 0 Å². The van der Waals surface area contributed by atoms with Gasteiger partial charge in [-0.15, -0.1) is 0 Å². The summed E-state index contributed by atoms with van der Waals surface area (Å²) in [4.78, 5) is 13.5. The molecule has 1 aromatic rings. The summed E-state index contributed by atoms with van der Waals surface area (Å²) in [5.41, 5.74) is 2.74. The van der Waals surface area contributed by atoms with Gasteiger partial charge in [0.1, 0.15) is 0 Å². The standard InChI is InChI=1S/C13H17NO/c1-3-13(15)14(2)12-9-8-10-6-4-5-7-11(10)12/h4-7,12H,3,8-9H2,1-2H3. The first kappa shape index (κ1) is 10.2. The van der Waals surface area contributed by atoms with Crippen LogP contribution in [0.3, 0.4) is 0 Å². The number of hydrogen-bond acceptors (Lipinski definition) is 1. The molecule has 1 unspecified atom stereocenters. The van der Waals surface area contributed by atoms with Gasteiger partial charge in [-0.1, -0.05) is 31.2 Å². The average molecular weight is 203 g/mol. The highest BCUT2D eigenvalue weighted by Crippen LogP contribution is 2.34. The van der Waals surface area contributed by atoms with Crippen molar-refractivity contribution in [3.8, 4) is 0 Å². The van der Waals surface area contributed by atoms with Crippen LogP contribution in [-0.4, -0.2) is 17.9 Å². The largest absolute Gasteiger partial charge is 0.339 e. The SMILES string of the molecule is CCC(=O)N(C)C1CCc2ccccc21. The third-order valence-corrected chi connectivity index (χ3v) is 3.26. The van der Waals surface area contributed by atoms with E-state index in [0.29, 0.717) is 12.5 Å². The molecular formula is C13H17NO. The molecule has 2 nitrogen and oxygen atoms in total. The van der Waals surface area contributed by atoms with Crippen molar-refractivity contribution in [2.75, 3.05) is 7.05 Å². The van der Waals surface area contributed by atoms with Crippen molar-refractivity contribution < 1.29 is 4.79 Å². The van der Waals surface area contributed by atoms with E-state index in [1.54, 1.807) is 0 Å². The van der Waals surface area contributed by atoms with Gasteiger partial charge < -0.3 is 4.90 Å². The van der Waals surface area contributed by atoms with Crippen LogP contribution in [0.4, 0.5) is 0 Å². The third kappa shape index (κ3) is 1.76. The molecule has 0 spiro atoms. The number of aryl methyl sites for hydroxylation is 1. The fraction of sp³-hybridized carbons (Fsp3) is 0.462. The number of carbonyl (C=O) groups is 1. The van der Waals surface area contributed by atoms with Crippen LogP contribution in [0.1, 0.15) is 36.9 Å². The lowest BCUT2D eigenvalue weighted by molar-refractivity contribution is -0.131. The van der Waals surface area contributed by atoms with E-state index >= 15 is 0 Å². The molecule has 1 atom stereocenters. The first-order valence-electron chi connectivity index (χ1n) is 5.57. The highest BCUT2D eigenvalue weighted by atomic mass is 16.2. The van der Waals surface area contributed by atoms with E-state index in [1.165, 1.54) is 11.1 Å². The normalized spacial score (nSPS) is 18.7. The lowest BCUT2D eigenvalue weighted by Gasteiger charge is -2.25. The van der Waals surface area contributed by atoms with Gasteiger partial charge in [0.15, 0.2) is 0 Å². The van der Waals surface area contributed by atoms with Crippen LogP contribution < -0.4 is 0 Å². The molecule has 2 rings (SSSR count). The summed E-state index contributed by atoms with van der Waals surface area (Å²) in [5, 5.41) is 0. The smallest absolute Gasteiger partial charge is 0.222 e. The molecule has 0 aliphatic heterocycles. The quantitative estimate of drug-likeness (QED) is 0.723. The molecule has 0 saturated carbocycles. The van der Waals surface area contributed by atoms with Crippen molar-refractivity contribution in [1.29, 1.82) is 0 Å². The number of amides is 1. The zero-order chi connectivity index (χ0) is 10.8. The Morgan fingerprint density at radius 1 is 1.47 bits per heavy atom. The highest BCUT2D eigenvalue weighted by molar-refractivity contribution is 5.76. The molecule has 1 aliphatic rings. The second kappa shape index (κ2) is 4.05. The zero-order valence-electron chi connectivity index (χ0n) is 9.36. The molecule has 0 heterocycles. The minimum atomic E-state index is 0.233. The van der Waals surface area contributed by atoms with Crippen molar-refractivity contribution in [3.05, 3.63) is 35.4 Å². The zero-order valence-corrected chi connectivity index (χ0v) is 9.36. The van der Waals surface area contributed by atoms with Crippen molar-refractivity contribution in [2.45, 2.75) is 32.2 Å². The van der Waals surface area contributed by atoms with Crippen LogP contribution >= 0.6 is 0 Å². The third-order valence-electron chi connectivity index (χ3n) is 3.26. The molecule has 0 radical (unpaired) electrons. The van der Waals surface area contributed by atoms with Gasteiger partial charge in [-0.2, -0.15) is 0 Å². The van der Waals surface area contributed by atoms with Gasteiger partial charge in [0.25, 0.3) is 0 Å². The predicted octanol–water partition coefficient (Wildman–Crippen LogP) is 2.54. The molecule has 0 aromatic heterocycles. The lowest BCUT2D eigenvalue weighted by atomic mass is 10.1. The van der Waals surface area contributed by atoms with Crippen LogP contribution in [0.15, 0.2) is 24.3 Å². The van der Waals surface area contributed by atoms with Gasteiger partial charge in [-0.25, -0.2) is 0 Å². The Morgan fingerprint density at radius 3 is 2.93 bits per heavy atom. The fourth-order valence-corrected chi connectivity index (χ4v) is 2.36. The van der Waals surface area contributed by atoms with Gasteiger partial charge in [-0.05, 0) is 24.0 Å². The Kier molecular flexibility index (Phi) is 2.76. The Balaban J connectivity index is 2.24. The van der Waals surface area contributed by atoms with E-state index in [4.69, 9.17) is 0 Å². The number of benzene rings is 1. The van der Waals surface area contributed by atoms with E-state index in [0.717, 1.165) is 12.8 Å². The van der Waals surface area contributed by atoms with E-state index in [-0.39, 0.29) is 5.91 Å². The Bertz CT molecular complexity index is 373. The number of fused-ring (bicyclic) bond motifs is 1. The van der Waals surface area contributed by atoms with Crippen LogP contribution in [0.25, 0.3) is 0 Å². The van der Waals surface area contributed by atoms with Crippen LogP contribution in [0.5, 0.6) is 0 Å². The van der Waals surface area contributed by atoms with Crippen LogP contribution in [0.2, 0.25) is 0 Å². The monoisotopic (exact) mass is 203 g/mol.